The van der Waals surface area contributed by atoms with Gasteiger partial charge >= 0.3 is 0 Å². The van der Waals surface area contributed by atoms with Crippen LogP contribution in [0.15, 0.2) is 29.2 Å². The molecule has 1 aromatic carbocycles. The van der Waals surface area contributed by atoms with Crippen LogP contribution in [0.5, 0.6) is 0 Å². The van der Waals surface area contributed by atoms with Crippen LogP contribution in [0.1, 0.15) is 13.3 Å². The van der Waals surface area contributed by atoms with Crippen LogP contribution in [0.2, 0.25) is 0 Å². The molecule has 0 aliphatic carbocycles. The van der Waals surface area contributed by atoms with Gasteiger partial charge in [-0.05, 0) is 42.6 Å². The van der Waals surface area contributed by atoms with Crippen molar-refractivity contribution in [2.24, 2.45) is 10.6 Å². The van der Waals surface area contributed by atoms with Gasteiger partial charge in [-0.25, -0.2) is 13.6 Å². The summed E-state index contributed by atoms with van der Waals surface area (Å²) in [7, 11) is -3.61. The monoisotopic (exact) mass is 374 g/mol. The third-order valence-corrected chi connectivity index (χ3v) is 5.89. The summed E-state index contributed by atoms with van der Waals surface area (Å²) in [6, 6.07) is 6.86. The first-order valence-electron chi connectivity index (χ1n) is 8.17. The normalized spacial score (nSPS) is 25.5. The number of primary sulfonamides is 1. The van der Waals surface area contributed by atoms with Crippen LogP contribution in [-0.4, -0.2) is 59.1 Å². The molecule has 1 atom stereocenters. The molecule has 1 unspecified atom stereocenters. The van der Waals surface area contributed by atoms with Gasteiger partial charge in [0.1, 0.15) is 0 Å². The number of piperazine rings is 1. The highest BCUT2D eigenvalue weighted by Gasteiger charge is 2.31. The van der Waals surface area contributed by atoms with Crippen molar-refractivity contribution < 1.29 is 8.42 Å². The third kappa shape index (κ3) is 4.61. The molecule has 2 aliphatic heterocycles. The first-order valence-corrected chi connectivity index (χ1v) is 9.71. The first kappa shape index (κ1) is 19.5. The van der Waals surface area contributed by atoms with E-state index in [0.717, 1.165) is 51.5 Å². The van der Waals surface area contributed by atoms with Crippen LogP contribution in [0.4, 0.5) is 5.69 Å². The second kappa shape index (κ2) is 7.58. The second-order valence-corrected chi connectivity index (χ2v) is 8.60. The molecule has 0 spiro atoms. The molecule has 1 aromatic rings. The van der Waals surface area contributed by atoms with Gasteiger partial charge in [0.05, 0.1) is 4.90 Å². The Balaban J connectivity index is 0.00000208. The van der Waals surface area contributed by atoms with E-state index in [1.165, 1.54) is 6.42 Å². The third-order valence-electron chi connectivity index (χ3n) is 4.97. The van der Waals surface area contributed by atoms with E-state index in [4.69, 9.17) is 5.14 Å². The number of anilines is 1. The predicted octanol–water partition coefficient (Wildman–Crippen LogP) is 0.877. The number of halogens is 1. The maximum absolute atomic E-state index is 11.3. The zero-order valence-electron chi connectivity index (χ0n) is 14.1. The number of benzene rings is 1. The van der Waals surface area contributed by atoms with E-state index >= 15 is 0 Å². The number of hydrogen-bond donors (Lipinski definition) is 2. The summed E-state index contributed by atoms with van der Waals surface area (Å²) in [5, 5.41) is 8.60. The summed E-state index contributed by atoms with van der Waals surface area (Å²) in [4.78, 5) is 5.02. The lowest BCUT2D eigenvalue weighted by atomic mass is 9.89. The highest BCUT2D eigenvalue weighted by atomic mass is 35.5. The minimum atomic E-state index is -3.61. The van der Waals surface area contributed by atoms with Crippen LogP contribution in [0.3, 0.4) is 0 Å². The highest BCUT2D eigenvalue weighted by molar-refractivity contribution is 7.89. The fourth-order valence-electron chi connectivity index (χ4n) is 3.55. The van der Waals surface area contributed by atoms with Crippen LogP contribution >= 0.6 is 12.4 Å². The number of rotatable bonds is 4. The van der Waals surface area contributed by atoms with Crippen molar-refractivity contribution in [1.29, 1.82) is 0 Å². The fraction of sp³-hybridized carbons (Fsp3) is 0.625. The molecule has 0 radical (unpaired) electrons. The Kier molecular flexibility index (Phi) is 6.14. The minimum Gasteiger partial charge on any atom is -0.369 e. The molecule has 0 bridgehead atoms. The van der Waals surface area contributed by atoms with E-state index < -0.39 is 10.0 Å². The van der Waals surface area contributed by atoms with Crippen molar-refractivity contribution >= 4 is 28.1 Å². The maximum Gasteiger partial charge on any atom is 0.238 e. The number of sulfonamides is 1. The summed E-state index contributed by atoms with van der Waals surface area (Å²) in [5.74, 6) is 0. The van der Waals surface area contributed by atoms with E-state index in [9.17, 15) is 8.42 Å². The molecule has 2 aliphatic rings. The second-order valence-electron chi connectivity index (χ2n) is 7.04. The molecule has 8 heteroatoms. The van der Waals surface area contributed by atoms with Gasteiger partial charge in [0.25, 0.3) is 0 Å². The molecular weight excluding hydrogens is 348 g/mol. The molecule has 2 fully saturated rings. The average Bonchev–Trinajstić information content (AvgIpc) is 2.94. The Morgan fingerprint density at radius 1 is 1.17 bits per heavy atom. The molecule has 2 heterocycles. The zero-order valence-corrected chi connectivity index (χ0v) is 15.7. The van der Waals surface area contributed by atoms with Crippen molar-refractivity contribution in [2.45, 2.75) is 18.2 Å². The maximum atomic E-state index is 11.3. The summed E-state index contributed by atoms with van der Waals surface area (Å²) in [5.41, 5.74) is 1.46. The van der Waals surface area contributed by atoms with Gasteiger partial charge < -0.3 is 10.2 Å². The lowest BCUT2D eigenvalue weighted by molar-refractivity contribution is 0.169. The van der Waals surface area contributed by atoms with Crippen LogP contribution in [-0.2, 0) is 10.0 Å². The van der Waals surface area contributed by atoms with E-state index in [1.807, 2.05) is 12.1 Å². The molecule has 136 valence electrons. The Hall–Kier alpha value is -0.860. The van der Waals surface area contributed by atoms with Gasteiger partial charge in [-0.2, -0.15) is 0 Å². The van der Waals surface area contributed by atoms with Crippen LogP contribution < -0.4 is 15.4 Å². The van der Waals surface area contributed by atoms with E-state index in [0.29, 0.717) is 5.41 Å². The predicted molar refractivity (Wildman–Crippen MR) is 99.3 cm³/mol. The van der Waals surface area contributed by atoms with Crippen molar-refractivity contribution in [3.05, 3.63) is 24.3 Å². The average molecular weight is 375 g/mol. The Morgan fingerprint density at radius 3 is 2.29 bits per heavy atom. The molecule has 3 rings (SSSR count). The number of nitrogens with two attached hydrogens (primary N) is 1. The zero-order chi connectivity index (χ0) is 16.5. The van der Waals surface area contributed by atoms with Crippen molar-refractivity contribution in [2.75, 3.05) is 50.7 Å². The highest BCUT2D eigenvalue weighted by Crippen LogP contribution is 2.27. The molecule has 0 amide bonds. The summed E-state index contributed by atoms with van der Waals surface area (Å²) >= 11 is 0. The molecule has 0 saturated carbocycles. The molecule has 6 nitrogen and oxygen atoms in total. The Labute approximate surface area is 150 Å². The van der Waals surface area contributed by atoms with Crippen LogP contribution in [0.25, 0.3) is 0 Å². The number of nitrogens with one attached hydrogen (secondary N) is 1. The first-order chi connectivity index (χ1) is 10.9. The van der Waals surface area contributed by atoms with Crippen molar-refractivity contribution in [1.82, 2.24) is 10.2 Å². The van der Waals surface area contributed by atoms with Gasteiger partial charge in [0.2, 0.25) is 10.0 Å². The Bertz CT molecular complexity index is 637. The molecule has 3 N–H and O–H groups in total. The van der Waals surface area contributed by atoms with E-state index in [1.54, 1.807) is 12.1 Å². The number of hydrogen-bond acceptors (Lipinski definition) is 5. The largest absolute Gasteiger partial charge is 0.369 e. The minimum absolute atomic E-state index is 0. The quantitative estimate of drug-likeness (QED) is 0.817. The standard InChI is InChI=1S/C16H26N4O2S.ClH/c1-16(6-7-18-12-16)13-19-8-10-20(11-9-19)14-2-4-15(5-3-14)23(17,21)22;/h2-5,18H,6-13H2,1H3,(H2,17,21,22);1H. The topological polar surface area (TPSA) is 78.7 Å². The molecule has 2 saturated heterocycles. The van der Waals surface area contributed by atoms with Crippen molar-refractivity contribution in [3.63, 3.8) is 0 Å². The summed E-state index contributed by atoms with van der Waals surface area (Å²) < 4.78 is 22.6. The molecule has 0 aromatic heterocycles. The fourth-order valence-corrected chi connectivity index (χ4v) is 4.07. The van der Waals surface area contributed by atoms with Crippen LogP contribution in [0, 0.1) is 5.41 Å². The lowest BCUT2D eigenvalue weighted by Crippen LogP contribution is -2.49. The van der Waals surface area contributed by atoms with Gasteiger partial charge in [-0.1, -0.05) is 6.92 Å². The molecule has 24 heavy (non-hydrogen) atoms. The van der Waals surface area contributed by atoms with Gasteiger partial charge in [-0.15, -0.1) is 12.4 Å². The smallest absolute Gasteiger partial charge is 0.238 e. The van der Waals surface area contributed by atoms with E-state index in [-0.39, 0.29) is 17.3 Å². The van der Waals surface area contributed by atoms with Gasteiger partial charge in [0, 0.05) is 45.0 Å². The summed E-state index contributed by atoms with van der Waals surface area (Å²) in [6.07, 6.45) is 1.25. The van der Waals surface area contributed by atoms with Gasteiger partial charge in [0.15, 0.2) is 0 Å². The van der Waals surface area contributed by atoms with E-state index in [2.05, 4.69) is 22.0 Å². The Morgan fingerprint density at radius 2 is 1.79 bits per heavy atom. The molecular formula is C16H27ClN4O2S. The SMILES string of the molecule is CC1(CN2CCN(c3ccc(S(N)(=O)=O)cc3)CC2)CCNC1.Cl. The summed E-state index contributed by atoms with van der Waals surface area (Å²) in [6.45, 7) is 9.80. The number of nitrogens with zero attached hydrogens (tertiary/aromatic N) is 2. The van der Waals surface area contributed by atoms with Crippen molar-refractivity contribution in [3.8, 4) is 0 Å². The van der Waals surface area contributed by atoms with Gasteiger partial charge in [-0.3, -0.25) is 4.90 Å². The lowest BCUT2D eigenvalue weighted by Gasteiger charge is -2.39.